The van der Waals surface area contributed by atoms with Crippen molar-refractivity contribution < 1.29 is 14.0 Å². The van der Waals surface area contributed by atoms with Gasteiger partial charge in [-0.3, -0.25) is 0 Å². The average Bonchev–Trinajstić information content (AvgIpc) is 2.95. The van der Waals surface area contributed by atoms with E-state index in [9.17, 15) is 5.11 Å². The Labute approximate surface area is 96.7 Å². The highest BCUT2D eigenvalue weighted by Gasteiger charge is 2.15. The second kappa shape index (κ2) is 3.71. The van der Waals surface area contributed by atoms with Crippen LogP contribution in [0, 0.1) is 0 Å². The van der Waals surface area contributed by atoms with Gasteiger partial charge in [0, 0.05) is 5.39 Å². The molecule has 0 spiro atoms. The number of benzene rings is 1. The van der Waals surface area contributed by atoms with Crippen LogP contribution in [0.4, 0.5) is 0 Å². The zero-order chi connectivity index (χ0) is 11.8. The smallest absolute Gasteiger partial charge is 0.293 e. The summed E-state index contributed by atoms with van der Waals surface area (Å²) in [5.41, 5.74) is 0.763. The Hall–Kier alpha value is -2.14. The number of fused-ring (bicyclic) bond motifs is 1. The molecule has 3 aromatic rings. The summed E-state index contributed by atoms with van der Waals surface area (Å²) in [4.78, 5) is 4.05. The van der Waals surface area contributed by atoms with E-state index in [1.54, 1.807) is 6.92 Å². The molecule has 0 saturated carbocycles. The van der Waals surface area contributed by atoms with Crippen molar-refractivity contribution >= 4 is 11.0 Å². The first-order valence-corrected chi connectivity index (χ1v) is 5.24. The van der Waals surface area contributed by atoms with E-state index in [1.165, 1.54) is 0 Å². The van der Waals surface area contributed by atoms with Crippen LogP contribution < -0.4 is 0 Å². The number of para-hydroxylation sites is 1. The minimum atomic E-state index is -0.753. The Kier molecular flexibility index (Phi) is 2.19. The van der Waals surface area contributed by atoms with E-state index >= 15 is 0 Å². The lowest BCUT2D eigenvalue weighted by Crippen LogP contribution is -1.92. The van der Waals surface area contributed by atoms with Gasteiger partial charge in [-0.25, -0.2) is 0 Å². The summed E-state index contributed by atoms with van der Waals surface area (Å²) in [6.45, 7) is 1.58. The van der Waals surface area contributed by atoms with Gasteiger partial charge in [-0.05, 0) is 19.1 Å². The van der Waals surface area contributed by atoms with Crippen molar-refractivity contribution in [2.24, 2.45) is 0 Å². The molecule has 5 heteroatoms. The molecule has 1 unspecified atom stereocenters. The van der Waals surface area contributed by atoms with E-state index in [1.807, 2.05) is 30.3 Å². The largest absolute Gasteiger partial charge is 0.451 e. The summed E-state index contributed by atoms with van der Waals surface area (Å²) in [6.07, 6.45) is -0.753. The number of aliphatic hydroxyl groups excluding tert-OH is 1. The lowest BCUT2D eigenvalue weighted by atomic mass is 10.2. The minimum absolute atomic E-state index is 0.250. The molecule has 0 aliphatic heterocycles. The van der Waals surface area contributed by atoms with Crippen molar-refractivity contribution in [1.29, 1.82) is 0 Å². The predicted molar refractivity (Wildman–Crippen MR) is 60.1 cm³/mol. The van der Waals surface area contributed by atoms with Gasteiger partial charge in [-0.15, -0.1) is 0 Å². The molecular formula is C12H10N2O3. The third-order valence-electron chi connectivity index (χ3n) is 2.45. The fourth-order valence-electron chi connectivity index (χ4n) is 1.59. The third kappa shape index (κ3) is 1.70. The highest BCUT2D eigenvalue weighted by atomic mass is 16.5. The summed E-state index contributed by atoms with van der Waals surface area (Å²) >= 11 is 0. The Morgan fingerprint density at radius 3 is 2.82 bits per heavy atom. The van der Waals surface area contributed by atoms with E-state index in [0.717, 1.165) is 11.0 Å². The number of furan rings is 1. The van der Waals surface area contributed by atoms with E-state index in [2.05, 4.69) is 10.1 Å². The van der Waals surface area contributed by atoms with Crippen molar-refractivity contribution in [3.05, 3.63) is 36.2 Å². The normalized spacial score (nSPS) is 13.1. The molecule has 2 heterocycles. The predicted octanol–water partition coefficient (Wildman–Crippen LogP) is 2.54. The molecule has 0 radical (unpaired) electrons. The van der Waals surface area contributed by atoms with Gasteiger partial charge in [0.25, 0.3) is 5.89 Å². The first-order chi connectivity index (χ1) is 8.24. The van der Waals surface area contributed by atoms with Crippen LogP contribution in [0.3, 0.4) is 0 Å². The highest BCUT2D eigenvalue weighted by Crippen LogP contribution is 2.26. The van der Waals surface area contributed by atoms with Crippen molar-refractivity contribution in [3.8, 4) is 11.7 Å². The zero-order valence-corrected chi connectivity index (χ0v) is 9.12. The maximum absolute atomic E-state index is 9.31. The number of aromatic nitrogens is 2. The Morgan fingerprint density at radius 1 is 1.29 bits per heavy atom. The maximum Gasteiger partial charge on any atom is 0.293 e. The fraction of sp³-hybridized carbons (Fsp3) is 0.167. The minimum Gasteiger partial charge on any atom is -0.451 e. The first kappa shape index (κ1) is 10.0. The topological polar surface area (TPSA) is 72.3 Å². The molecule has 17 heavy (non-hydrogen) atoms. The van der Waals surface area contributed by atoms with Gasteiger partial charge in [0.1, 0.15) is 11.7 Å². The lowest BCUT2D eigenvalue weighted by molar-refractivity contribution is 0.184. The summed E-state index contributed by atoms with van der Waals surface area (Å²) in [6, 6.07) is 9.45. The van der Waals surface area contributed by atoms with Gasteiger partial charge < -0.3 is 14.0 Å². The van der Waals surface area contributed by atoms with E-state index in [0.29, 0.717) is 5.76 Å². The molecule has 5 nitrogen and oxygen atoms in total. The molecule has 0 saturated heterocycles. The van der Waals surface area contributed by atoms with Gasteiger partial charge in [0.05, 0.1) is 0 Å². The maximum atomic E-state index is 9.31. The van der Waals surface area contributed by atoms with Crippen LogP contribution in [-0.4, -0.2) is 15.2 Å². The van der Waals surface area contributed by atoms with Crippen LogP contribution >= 0.6 is 0 Å². The van der Waals surface area contributed by atoms with Gasteiger partial charge >= 0.3 is 0 Å². The molecule has 0 aliphatic carbocycles. The van der Waals surface area contributed by atoms with Crippen LogP contribution in [0.1, 0.15) is 18.9 Å². The van der Waals surface area contributed by atoms with Crippen LogP contribution in [0.5, 0.6) is 0 Å². The van der Waals surface area contributed by atoms with Gasteiger partial charge in [0.15, 0.2) is 5.76 Å². The second-order valence-electron chi connectivity index (χ2n) is 3.78. The van der Waals surface area contributed by atoms with Gasteiger partial charge in [-0.1, -0.05) is 23.4 Å². The van der Waals surface area contributed by atoms with E-state index in [4.69, 9.17) is 8.94 Å². The Morgan fingerprint density at radius 2 is 2.12 bits per heavy atom. The number of aliphatic hydroxyl groups is 1. The van der Waals surface area contributed by atoms with Crippen molar-refractivity contribution in [2.45, 2.75) is 13.0 Å². The molecule has 1 aromatic carbocycles. The molecule has 0 bridgehead atoms. The first-order valence-electron chi connectivity index (χ1n) is 5.24. The van der Waals surface area contributed by atoms with Crippen LogP contribution in [0.2, 0.25) is 0 Å². The molecule has 1 N–H and O–H groups in total. The summed E-state index contributed by atoms with van der Waals surface area (Å²) < 4.78 is 10.6. The average molecular weight is 230 g/mol. The third-order valence-corrected chi connectivity index (χ3v) is 2.45. The molecule has 86 valence electrons. The SMILES string of the molecule is CC(O)c1noc(-c2cc3ccccc3o2)n1. The van der Waals surface area contributed by atoms with Gasteiger partial charge in [0.2, 0.25) is 5.82 Å². The van der Waals surface area contributed by atoms with E-state index < -0.39 is 6.10 Å². The fourth-order valence-corrected chi connectivity index (χ4v) is 1.59. The molecule has 0 aliphatic rings. The van der Waals surface area contributed by atoms with Crippen molar-refractivity contribution in [3.63, 3.8) is 0 Å². The standard InChI is InChI=1S/C12H10N2O3/c1-7(15)11-13-12(17-14-11)10-6-8-4-2-3-5-9(8)16-10/h2-7,15H,1H3. The molecule has 2 aromatic heterocycles. The lowest BCUT2D eigenvalue weighted by Gasteiger charge is -1.91. The second-order valence-corrected chi connectivity index (χ2v) is 3.78. The quantitative estimate of drug-likeness (QED) is 0.732. The summed E-state index contributed by atoms with van der Waals surface area (Å²) in [5.74, 6) is 1.03. The van der Waals surface area contributed by atoms with Crippen LogP contribution in [-0.2, 0) is 0 Å². The van der Waals surface area contributed by atoms with Gasteiger partial charge in [-0.2, -0.15) is 4.98 Å². The summed E-state index contributed by atoms with van der Waals surface area (Å²) in [7, 11) is 0. The number of hydrogen-bond donors (Lipinski definition) is 1. The summed E-state index contributed by atoms with van der Waals surface area (Å²) in [5, 5.41) is 13.9. The molecule has 0 amide bonds. The van der Waals surface area contributed by atoms with Crippen molar-refractivity contribution in [2.75, 3.05) is 0 Å². The monoisotopic (exact) mass is 230 g/mol. The molecule has 3 rings (SSSR count). The number of nitrogens with zero attached hydrogens (tertiary/aromatic N) is 2. The van der Waals surface area contributed by atoms with Crippen LogP contribution in [0.15, 0.2) is 39.3 Å². The number of hydrogen-bond acceptors (Lipinski definition) is 5. The molecule has 1 atom stereocenters. The number of rotatable bonds is 2. The van der Waals surface area contributed by atoms with E-state index in [-0.39, 0.29) is 11.7 Å². The zero-order valence-electron chi connectivity index (χ0n) is 9.12. The molecule has 0 fully saturated rings. The molecular weight excluding hydrogens is 220 g/mol. The van der Waals surface area contributed by atoms with Crippen LogP contribution in [0.25, 0.3) is 22.6 Å². The van der Waals surface area contributed by atoms with Crippen molar-refractivity contribution in [1.82, 2.24) is 10.1 Å². The highest BCUT2D eigenvalue weighted by molar-refractivity contribution is 5.81. The Balaban J connectivity index is 2.07. The Bertz CT molecular complexity index is 621.